The van der Waals surface area contributed by atoms with Gasteiger partial charge in [-0.15, -0.1) is 0 Å². The Morgan fingerprint density at radius 2 is 1.62 bits per heavy atom. The number of anilines is 1. The van der Waals surface area contributed by atoms with Crippen molar-refractivity contribution in [2.24, 2.45) is 0 Å². The van der Waals surface area contributed by atoms with Crippen LogP contribution in [0.3, 0.4) is 0 Å². The number of nitrogens with one attached hydrogen (secondary N) is 1. The molecule has 2 aromatic carbocycles. The van der Waals surface area contributed by atoms with Gasteiger partial charge in [-0.25, -0.2) is 17.8 Å². The van der Waals surface area contributed by atoms with E-state index in [9.17, 15) is 26.0 Å². The van der Waals surface area contributed by atoms with E-state index < -0.39 is 27.7 Å². The third-order valence-electron chi connectivity index (χ3n) is 4.07. The number of rotatable bonds is 5. The number of benzene rings is 2. The first-order chi connectivity index (χ1) is 13.5. The summed E-state index contributed by atoms with van der Waals surface area (Å²) in [5, 5.41) is 0. The molecule has 9 heteroatoms. The molecule has 0 aliphatic rings. The Balaban J connectivity index is 2.07. The van der Waals surface area contributed by atoms with Crippen molar-refractivity contribution in [3.8, 4) is 11.3 Å². The van der Waals surface area contributed by atoms with Gasteiger partial charge in [0.05, 0.1) is 17.6 Å². The van der Waals surface area contributed by atoms with Crippen molar-refractivity contribution in [2.45, 2.75) is 12.6 Å². The first kappa shape index (κ1) is 20.8. The summed E-state index contributed by atoms with van der Waals surface area (Å²) >= 11 is 0. The predicted octanol–water partition coefficient (Wildman–Crippen LogP) is 4.87. The summed E-state index contributed by atoms with van der Waals surface area (Å²) in [6, 6.07) is 14.6. The van der Waals surface area contributed by atoms with Crippen LogP contribution in [0, 0.1) is 5.82 Å². The number of sulfonamides is 1. The molecule has 152 valence electrons. The first-order valence-electron chi connectivity index (χ1n) is 8.42. The van der Waals surface area contributed by atoms with E-state index in [0.29, 0.717) is 11.1 Å². The van der Waals surface area contributed by atoms with Crippen LogP contribution in [0.4, 0.5) is 23.2 Å². The van der Waals surface area contributed by atoms with Crippen molar-refractivity contribution in [3.05, 3.63) is 83.3 Å². The summed E-state index contributed by atoms with van der Waals surface area (Å²) in [6.45, 7) is 0. The van der Waals surface area contributed by atoms with Gasteiger partial charge in [0.1, 0.15) is 5.69 Å². The molecule has 0 bridgehead atoms. The number of alkyl halides is 3. The highest BCUT2D eigenvalue weighted by atomic mass is 32.2. The Hall–Kier alpha value is -2.94. The molecule has 0 fully saturated rings. The van der Waals surface area contributed by atoms with Crippen LogP contribution in [0.1, 0.15) is 16.8 Å². The molecule has 0 atom stereocenters. The van der Waals surface area contributed by atoms with Gasteiger partial charge in [0, 0.05) is 12.0 Å². The van der Waals surface area contributed by atoms with Crippen LogP contribution in [0.25, 0.3) is 11.3 Å². The maximum absolute atomic E-state index is 14.8. The molecule has 0 spiro atoms. The number of hydrogen-bond donors (Lipinski definition) is 1. The van der Waals surface area contributed by atoms with E-state index in [-0.39, 0.29) is 23.4 Å². The Kier molecular flexibility index (Phi) is 5.61. The minimum atomic E-state index is -4.62. The molecule has 3 aromatic rings. The van der Waals surface area contributed by atoms with Crippen LogP contribution in [-0.4, -0.2) is 19.7 Å². The van der Waals surface area contributed by atoms with Gasteiger partial charge in [-0.3, -0.25) is 4.72 Å². The van der Waals surface area contributed by atoms with Crippen LogP contribution in [-0.2, 0) is 22.6 Å². The zero-order valence-corrected chi connectivity index (χ0v) is 16.0. The molecule has 0 saturated heterocycles. The lowest BCUT2D eigenvalue weighted by molar-refractivity contribution is -0.141. The number of nitrogens with zero attached hydrogens (tertiary/aromatic N) is 1. The molecule has 0 saturated carbocycles. The smallest absolute Gasteiger partial charge is 0.281 e. The summed E-state index contributed by atoms with van der Waals surface area (Å²) in [6.07, 6.45) is -3.79. The lowest BCUT2D eigenvalue weighted by Crippen LogP contribution is -2.12. The molecule has 0 aliphatic carbocycles. The van der Waals surface area contributed by atoms with Gasteiger partial charge in [-0.2, -0.15) is 13.2 Å². The Morgan fingerprint density at radius 1 is 0.931 bits per heavy atom. The normalized spacial score (nSPS) is 12.0. The average Bonchev–Trinajstić information content (AvgIpc) is 2.64. The molecule has 1 N–H and O–H groups in total. The summed E-state index contributed by atoms with van der Waals surface area (Å²) in [5.74, 6) is -0.795. The van der Waals surface area contributed by atoms with Gasteiger partial charge in [0.25, 0.3) is 0 Å². The molecular weight excluding hydrogens is 408 g/mol. The van der Waals surface area contributed by atoms with Gasteiger partial charge in [-0.1, -0.05) is 48.5 Å². The number of pyridine rings is 1. The Bertz CT molecular complexity index is 1130. The average molecular weight is 424 g/mol. The second-order valence-electron chi connectivity index (χ2n) is 6.40. The number of aromatic nitrogens is 1. The topological polar surface area (TPSA) is 59.1 Å². The second-order valence-corrected chi connectivity index (χ2v) is 8.15. The minimum Gasteiger partial charge on any atom is -0.281 e. The van der Waals surface area contributed by atoms with Gasteiger partial charge < -0.3 is 0 Å². The van der Waals surface area contributed by atoms with E-state index in [1.165, 1.54) is 24.3 Å². The number of hydrogen-bond acceptors (Lipinski definition) is 3. The standard InChI is InChI=1S/C20H16F4N2O2S/c1-29(27,28)26-16-9-5-8-14(18(16)21)12-15-10-11-17(20(22,23)24)25-19(15)13-6-3-2-4-7-13/h2-11,26H,12H2,1H3. The minimum absolute atomic E-state index is 0.0690. The maximum atomic E-state index is 14.8. The van der Waals surface area contributed by atoms with E-state index in [1.807, 2.05) is 0 Å². The fourth-order valence-electron chi connectivity index (χ4n) is 2.83. The summed E-state index contributed by atoms with van der Waals surface area (Å²) in [4.78, 5) is 3.76. The lowest BCUT2D eigenvalue weighted by atomic mass is 9.98. The van der Waals surface area contributed by atoms with Crippen molar-refractivity contribution < 1.29 is 26.0 Å². The highest BCUT2D eigenvalue weighted by molar-refractivity contribution is 7.92. The monoisotopic (exact) mass is 424 g/mol. The second kappa shape index (κ2) is 7.82. The van der Waals surface area contributed by atoms with Crippen LogP contribution in [0.2, 0.25) is 0 Å². The largest absolute Gasteiger partial charge is 0.433 e. The highest BCUT2D eigenvalue weighted by Gasteiger charge is 2.33. The fraction of sp³-hybridized carbons (Fsp3) is 0.150. The van der Waals surface area contributed by atoms with E-state index in [2.05, 4.69) is 9.71 Å². The van der Waals surface area contributed by atoms with Gasteiger partial charge in [0.2, 0.25) is 10.0 Å². The third-order valence-corrected chi connectivity index (χ3v) is 4.66. The first-order valence-corrected chi connectivity index (χ1v) is 10.3. The van der Waals surface area contributed by atoms with E-state index in [4.69, 9.17) is 0 Å². The van der Waals surface area contributed by atoms with Crippen molar-refractivity contribution in [3.63, 3.8) is 0 Å². The quantitative estimate of drug-likeness (QED) is 0.595. The highest BCUT2D eigenvalue weighted by Crippen LogP contribution is 2.32. The zero-order valence-electron chi connectivity index (χ0n) is 15.2. The molecule has 0 amide bonds. The molecular formula is C20H16F4N2O2S. The van der Waals surface area contributed by atoms with E-state index >= 15 is 0 Å². The van der Waals surface area contributed by atoms with E-state index in [1.54, 1.807) is 30.3 Å². The van der Waals surface area contributed by atoms with Gasteiger partial charge >= 0.3 is 6.18 Å². The number of halogens is 4. The predicted molar refractivity (Wildman–Crippen MR) is 102 cm³/mol. The SMILES string of the molecule is CS(=O)(=O)Nc1cccc(Cc2ccc(C(F)(F)F)nc2-c2ccccc2)c1F. The van der Waals surface area contributed by atoms with Gasteiger partial charge in [-0.05, 0) is 23.3 Å². The molecule has 1 heterocycles. The maximum Gasteiger partial charge on any atom is 0.433 e. The zero-order chi connectivity index (χ0) is 21.2. The molecule has 3 rings (SSSR count). The van der Waals surface area contributed by atoms with Crippen LogP contribution in [0.15, 0.2) is 60.7 Å². The van der Waals surface area contributed by atoms with Crippen LogP contribution < -0.4 is 4.72 Å². The van der Waals surface area contributed by atoms with Crippen LogP contribution in [0.5, 0.6) is 0 Å². The van der Waals surface area contributed by atoms with Crippen molar-refractivity contribution >= 4 is 15.7 Å². The molecule has 29 heavy (non-hydrogen) atoms. The third kappa shape index (κ3) is 5.11. The van der Waals surface area contributed by atoms with Crippen molar-refractivity contribution in [1.29, 1.82) is 0 Å². The van der Waals surface area contributed by atoms with Crippen molar-refractivity contribution in [1.82, 2.24) is 4.98 Å². The Labute approximate surface area is 165 Å². The molecule has 4 nitrogen and oxygen atoms in total. The lowest BCUT2D eigenvalue weighted by Gasteiger charge is -2.14. The Morgan fingerprint density at radius 3 is 2.24 bits per heavy atom. The van der Waals surface area contributed by atoms with Crippen molar-refractivity contribution in [2.75, 3.05) is 11.0 Å². The summed E-state index contributed by atoms with van der Waals surface area (Å²) in [7, 11) is -3.69. The fourth-order valence-corrected chi connectivity index (χ4v) is 3.39. The summed E-state index contributed by atoms with van der Waals surface area (Å²) in [5.41, 5.74) is -0.239. The molecule has 1 aromatic heterocycles. The molecule has 0 radical (unpaired) electrons. The van der Waals surface area contributed by atoms with E-state index in [0.717, 1.165) is 12.3 Å². The van der Waals surface area contributed by atoms with Gasteiger partial charge in [0.15, 0.2) is 5.82 Å². The molecule has 0 aliphatic heterocycles. The molecule has 0 unspecified atom stereocenters. The van der Waals surface area contributed by atoms with Crippen LogP contribution >= 0.6 is 0 Å². The summed E-state index contributed by atoms with van der Waals surface area (Å²) < 4.78 is 79.0.